The van der Waals surface area contributed by atoms with Gasteiger partial charge in [-0.25, -0.2) is 0 Å². The van der Waals surface area contributed by atoms with Crippen molar-refractivity contribution >= 4 is 11.8 Å². The molecule has 0 bridgehead atoms. The maximum absolute atomic E-state index is 13.1. The lowest BCUT2D eigenvalue weighted by molar-refractivity contribution is -0.137. The topological polar surface area (TPSA) is 75.4 Å². The summed E-state index contributed by atoms with van der Waals surface area (Å²) in [6.07, 6.45) is -3.70. The van der Waals surface area contributed by atoms with Gasteiger partial charge < -0.3 is 14.7 Å². The Kier molecular flexibility index (Phi) is 5.20. The first kappa shape index (κ1) is 18.9. The molecule has 0 aliphatic carbocycles. The third-order valence-electron chi connectivity index (χ3n) is 4.44. The highest BCUT2D eigenvalue weighted by molar-refractivity contribution is 5.96. The molecular formula is C18H18F3N3O3. The van der Waals surface area contributed by atoms with Gasteiger partial charge in [0.25, 0.3) is 11.8 Å². The highest BCUT2D eigenvalue weighted by Crippen LogP contribution is 2.32. The van der Waals surface area contributed by atoms with Gasteiger partial charge in [-0.1, -0.05) is 17.3 Å². The van der Waals surface area contributed by atoms with Crippen LogP contribution in [0.4, 0.5) is 13.2 Å². The highest BCUT2D eigenvalue weighted by atomic mass is 19.4. The van der Waals surface area contributed by atoms with Crippen LogP contribution in [0.25, 0.3) is 0 Å². The van der Waals surface area contributed by atoms with E-state index < -0.39 is 23.2 Å². The van der Waals surface area contributed by atoms with Gasteiger partial charge in [0.05, 0.1) is 11.1 Å². The molecule has 0 saturated carbocycles. The standard InChI is InChI=1S/C18H18F3N3O3/c1-11-10-15(23-27-11)17(26)24-8-6-12(7-9-24)22-16(25)13-4-2-3-5-14(13)18(19,20)21/h2-5,10,12H,6-9H2,1H3,(H,22,25). The summed E-state index contributed by atoms with van der Waals surface area (Å²) in [5, 5.41) is 6.33. The van der Waals surface area contributed by atoms with Crippen LogP contribution in [0.15, 0.2) is 34.9 Å². The minimum Gasteiger partial charge on any atom is -0.361 e. The summed E-state index contributed by atoms with van der Waals surface area (Å²) in [5.41, 5.74) is -1.15. The zero-order valence-electron chi connectivity index (χ0n) is 14.5. The molecule has 0 radical (unpaired) electrons. The van der Waals surface area contributed by atoms with Crippen molar-refractivity contribution in [2.75, 3.05) is 13.1 Å². The van der Waals surface area contributed by atoms with Gasteiger partial charge in [-0.2, -0.15) is 13.2 Å². The van der Waals surface area contributed by atoms with E-state index in [1.54, 1.807) is 17.9 Å². The van der Waals surface area contributed by atoms with Crippen LogP contribution >= 0.6 is 0 Å². The molecule has 0 unspecified atom stereocenters. The molecule has 1 saturated heterocycles. The third-order valence-corrected chi connectivity index (χ3v) is 4.44. The minimum atomic E-state index is -4.60. The van der Waals surface area contributed by atoms with Crippen LogP contribution in [-0.2, 0) is 6.18 Å². The van der Waals surface area contributed by atoms with Gasteiger partial charge in [-0.3, -0.25) is 9.59 Å². The van der Waals surface area contributed by atoms with Gasteiger partial charge in [0.1, 0.15) is 5.76 Å². The van der Waals surface area contributed by atoms with Gasteiger partial charge in [0.2, 0.25) is 0 Å². The van der Waals surface area contributed by atoms with E-state index in [2.05, 4.69) is 10.5 Å². The number of nitrogens with zero attached hydrogens (tertiary/aromatic N) is 2. The lowest BCUT2D eigenvalue weighted by atomic mass is 10.0. The van der Waals surface area contributed by atoms with Crippen molar-refractivity contribution in [1.29, 1.82) is 0 Å². The number of aromatic nitrogens is 1. The summed E-state index contributed by atoms with van der Waals surface area (Å²) >= 11 is 0. The number of carbonyl (C=O) groups excluding carboxylic acids is 2. The van der Waals surface area contributed by atoms with Gasteiger partial charge >= 0.3 is 6.18 Å². The van der Waals surface area contributed by atoms with E-state index in [4.69, 9.17) is 4.52 Å². The average molecular weight is 381 g/mol. The normalized spacial score (nSPS) is 15.6. The largest absolute Gasteiger partial charge is 0.417 e. The van der Waals surface area contributed by atoms with Crippen LogP contribution in [-0.4, -0.2) is 41.0 Å². The van der Waals surface area contributed by atoms with E-state index in [9.17, 15) is 22.8 Å². The van der Waals surface area contributed by atoms with Crippen LogP contribution in [0.3, 0.4) is 0 Å². The first-order chi connectivity index (χ1) is 12.8. The molecule has 2 amide bonds. The van der Waals surface area contributed by atoms with Crippen molar-refractivity contribution in [3.63, 3.8) is 0 Å². The number of hydrogen-bond donors (Lipinski definition) is 1. The molecule has 9 heteroatoms. The monoisotopic (exact) mass is 381 g/mol. The number of likely N-dealkylation sites (tertiary alicyclic amines) is 1. The number of benzene rings is 1. The van der Waals surface area contributed by atoms with E-state index in [0.29, 0.717) is 31.7 Å². The van der Waals surface area contributed by atoms with Crippen molar-refractivity contribution in [1.82, 2.24) is 15.4 Å². The summed E-state index contributed by atoms with van der Waals surface area (Å²) in [6, 6.07) is 5.92. The Balaban J connectivity index is 1.60. The lowest BCUT2D eigenvalue weighted by Crippen LogP contribution is -2.46. The molecule has 1 fully saturated rings. The number of alkyl halides is 3. The van der Waals surface area contributed by atoms with Crippen LogP contribution in [0.5, 0.6) is 0 Å². The number of halogens is 3. The lowest BCUT2D eigenvalue weighted by Gasteiger charge is -2.32. The zero-order valence-corrected chi connectivity index (χ0v) is 14.5. The Morgan fingerprint density at radius 3 is 2.48 bits per heavy atom. The number of nitrogens with one attached hydrogen (secondary N) is 1. The molecule has 1 aromatic carbocycles. The smallest absolute Gasteiger partial charge is 0.361 e. The molecule has 2 heterocycles. The summed E-state index contributed by atoms with van der Waals surface area (Å²) in [7, 11) is 0. The summed E-state index contributed by atoms with van der Waals surface area (Å²) < 4.78 is 44.0. The SMILES string of the molecule is Cc1cc(C(=O)N2CCC(NC(=O)c3ccccc3C(F)(F)F)CC2)no1. The molecule has 1 aromatic heterocycles. The number of rotatable bonds is 3. The van der Waals surface area contributed by atoms with E-state index >= 15 is 0 Å². The Hall–Kier alpha value is -2.84. The van der Waals surface area contributed by atoms with Gasteiger partial charge in [-0.15, -0.1) is 0 Å². The van der Waals surface area contributed by atoms with Crippen molar-refractivity contribution < 1.29 is 27.3 Å². The van der Waals surface area contributed by atoms with Crippen LogP contribution in [0.2, 0.25) is 0 Å². The summed E-state index contributed by atoms with van der Waals surface area (Å²) in [4.78, 5) is 26.2. The second kappa shape index (κ2) is 7.42. The molecule has 3 rings (SSSR count). The number of piperidine rings is 1. The minimum absolute atomic E-state index is 0.217. The number of aryl methyl sites for hydroxylation is 1. The Bertz CT molecular complexity index is 840. The van der Waals surface area contributed by atoms with Crippen LogP contribution < -0.4 is 5.32 Å². The fourth-order valence-electron chi connectivity index (χ4n) is 3.05. The fraction of sp³-hybridized carbons (Fsp3) is 0.389. The molecule has 0 spiro atoms. The maximum atomic E-state index is 13.1. The fourth-order valence-corrected chi connectivity index (χ4v) is 3.05. The summed E-state index contributed by atoms with van der Waals surface area (Å²) in [6.45, 7) is 2.43. The Morgan fingerprint density at radius 2 is 1.89 bits per heavy atom. The molecule has 0 atom stereocenters. The average Bonchev–Trinajstić information content (AvgIpc) is 3.07. The van der Waals surface area contributed by atoms with Crippen LogP contribution in [0, 0.1) is 6.92 Å². The first-order valence-corrected chi connectivity index (χ1v) is 8.45. The molecule has 1 aliphatic heterocycles. The van der Waals surface area contributed by atoms with Gasteiger partial charge in [-0.05, 0) is 31.9 Å². The van der Waals surface area contributed by atoms with E-state index in [0.717, 1.165) is 12.1 Å². The quantitative estimate of drug-likeness (QED) is 0.887. The molecule has 2 aromatic rings. The zero-order chi connectivity index (χ0) is 19.6. The molecular weight excluding hydrogens is 363 g/mol. The molecule has 27 heavy (non-hydrogen) atoms. The van der Waals surface area contributed by atoms with Crippen molar-refractivity contribution in [3.05, 3.63) is 52.9 Å². The van der Waals surface area contributed by atoms with Gasteiger partial charge in [0.15, 0.2) is 5.69 Å². The maximum Gasteiger partial charge on any atom is 0.417 e. The highest BCUT2D eigenvalue weighted by Gasteiger charge is 2.35. The predicted molar refractivity (Wildman–Crippen MR) is 89.1 cm³/mol. The first-order valence-electron chi connectivity index (χ1n) is 8.45. The van der Waals surface area contributed by atoms with E-state index in [1.807, 2.05) is 0 Å². The second-order valence-corrected chi connectivity index (χ2v) is 6.41. The Morgan fingerprint density at radius 1 is 1.22 bits per heavy atom. The molecule has 6 nitrogen and oxygen atoms in total. The number of hydrogen-bond acceptors (Lipinski definition) is 4. The molecule has 144 valence electrons. The van der Waals surface area contributed by atoms with Crippen molar-refractivity contribution in [2.24, 2.45) is 0 Å². The molecule has 1 N–H and O–H groups in total. The van der Waals surface area contributed by atoms with Crippen LogP contribution in [0.1, 0.15) is 45.0 Å². The van der Waals surface area contributed by atoms with Gasteiger partial charge in [0, 0.05) is 25.2 Å². The Labute approximate surface area is 153 Å². The van der Waals surface area contributed by atoms with E-state index in [-0.39, 0.29) is 17.6 Å². The van der Waals surface area contributed by atoms with Crippen molar-refractivity contribution in [2.45, 2.75) is 32.0 Å². The third kappa shape index (κ3) is 4.29. The molecule has 1 aliphatic rings. The number of carbonyl (C=O) groups is 2. The number of amides is 2. The predicted octanol–water partition coefficient (Wildman–Crippen LogP) is 3.04. The summed E-state index contributed by atoms with van der Waals surface area (Å²) in [5.74, 6) is -0.497. The second-order valence-electron chi connectivity index (χ2n) is 6.41. The van der Waals surface area contributed by atoms with E-state index in [1.165, 1.54) is 12.1 Å². The van der Waals surface area contributed by atoms with Crippen molar-refractivity contribution in [3.8, 4) is 0 Å².